The molecule has 0 fully saturated rings. The predicted molar refractivity (Wildman–Crippen MR) is 235 cm³/mol. The summed E-state index contributed by atoms with van der Waals surface area (Å²) in [6, 6.07) is 53.2. The van der Waals surface area contributed by atoms with Crippen LogP contribution in [0.2, 0.25) is 0 Å². The molecule has 0 N–H and O–H groups in total. The van der Waals surface area contributed by atoms with Crippen LogP contribution >= 0.6 is 0 Å². The van der Waals surface area contributed by atoms with Crippen LogP contribution in [0, 0.1) is 11.3 Å². The highest BCUT2D eigenvalue weighted by molar-refractivity contribution is 6.10. The van der Waals surface area contributed by atoms with Crippen LogP contribution in [-0.2, 0) is 10.8 Å². The molecule has 3 heterocycles. The van der Waals surface area contributed by atoms with Gasteiger partial charge < -0.3 is 14.5 Å². The summed E-state index contributed by atoms with van der Waals surface area (Å²) in [6.07, 6.45) is 1.88. The number of ether oxygens (including phenoxy) is 1. The van der Waals surface area contributed by atoms with Crippen LogP contribution in [0.25, 0.3) is 38.8 Å². The van der Waals surface area contributed by atoms with Crippen molar-refractivity contribution < 1.29 is 4.74 Å². The summed E-state index contributed by atoms with van der Waals surface area (Å²) < 4.78 is 8.87. The summed E-state index contributed by atoms with van der Waals surface area (Å²) in [4.78, 5) is 9.61. The molecule has 1 aliphatic heterocycles. The molecule has 6 nitrogen and oxygen atoms in total. The maximum absolute atomic E-state index is 9.75. The molecule has 0 amide bonds. The van der Waals surface area contributed by atoms with Crippen molar-refractivity contribution >= 4 is 44.6 Å². The molecule has 0 saturated heterocycles. The minimum Gasteiger partial charge on any atom is -0.457 e. The fourth-order valence-electron chi connectivity index (χ4n) is 7.89. The third-order valence-corrected chi connectivity index (χ3v) is 11.0. The maximum atomic E-state index is 9.75. The first-order chi connectivity index (χ1) is 27.4. The van der Waals surface area contributed by atoms with Gasteiger partial charge >= 0.3 is 0 Å². The Kier molecular flexibility index (Phi) is 8.63. The SMILES string of the molecule is CC(C)(C)c1cc(-c2ccccc2)cc(N2CN(c3cccc(Oc4ccc5c6cc(C#N)ccc6n(-c6cc(C(C)(C)C)ccn6)c5c4)c3)c3ccccc32)c1. The summed E-state index contributed by atoms with van der Waals surface area (Å²) in [5, 5.41) is 11.8. The van der Waals surface area contributed by atoms with E-state index in [0.29, 0.717) is 18.0 Å². The van der Waals surface area contributed by atoms with E-state index in [2.05, 4.69) is 177 Å². The van der Waals surface area contributed by atoms with Crippen LogP contribution in [0.5, 0.6) is 11.5 Å². The third kappa shape index (κ3) is 6.66. The molecule has 0 atom stereocenters. The second kappa shape index (κ2) is 13.7. The molecule has 280 valence electrons. The van der Waals surface area contributed by atoms with Gasteiger partial charge in [-0.2, -0.15) is 5.26 Å². The number of fused-ring (bicyclic) bond motifs is 4. The van der Waals surface area contributed by atoms with E-state index in [-0.39, 0.29) is 10.8 Å². The monoisotopic (exact) mass is 743 g/mol. The predicted octanol–water partition coefficient (Wildman–Crippen LogP) is 13.4. The van der Waals surface area contributed by atoms with Crippen molar-refractivity contribution in [2.24, 2.45) is 0 Å². The number of para-hydroxylation sites is 2. The van der Waals surface area contributed by atoms with E-state index in [9.17, 15) is 5.26 Å². The van der Waals surface area contributed by atoms with E-state index < -0.39 is 0 Å². The van der Waals surface area contributed by atoms with Crippen LogP contribution in [0.3, 0.4) is 0 Å². The second-order valence-electron chi connectivity index (χ2n) is 17.0. The topological polar surface area (TPSA) is 57.3 Å². The molecule has 6 heteroatoms. The van der Waals surface area contributed by atoms with Gasteiger partial charge in [0.1, 0.15) is 24.0 Å². The average Bonchev–Trinajstić information content (AvgIpc) is 3.76. The summed E-state index contributed by atoms with van der Waals surface area (Å²) >= 11 is 0. The van der Waals surface area contributed by atoms with Crippen molar-refractivity contribution in [2.45, 2.75) is 52.4 Å². The van der Waals surface area contributed by atoms with E-state index >= 15 is 0 Å². The fraction of sp³-hybridized carbons (Fsp3) is 0.176. The Morgan fingerprint density at radius 3 is 2.02 bits per heavy atom. The van der Waals surface area contributed by atoms with E-state index in [0.717, 1.165) is 56.1 Å². The van der Waals surface area contributed by atoms with Gasteiger partial charge in [-0.25, -0.2) is 4.98 Å². The highest BCUT2D eigenvalue weighted by Crippen LogP contribution is 2.46. The molecule has 9 rings (SSSR count). The van der Waals surface area contributed by atoms with Crippen molar-refractivity contribution in [2.75, 3.05) is 16.5 Å². The lowest BCUT2D eigenvalue weighted by molar-refractivity contribution is 0.483. The Morgan fingerprint density at radius 2 is 1.28 bits per heavy atom. The lowest BCUT2D eigenvalue weighted by Crippen LogP contribution is -2.24. The van der Waals surface area contributed by atoms with E-state index in [4.69, 9.17) is 9.72 Å². The van der Waals surface area contributed by atoms with Crippen LogP contribution < -0.4 is 14.5 Å². The first kappa shape index (κ1) is 35.8. The zero-order valence-corrected chi connectivity index (χ0v) is 33.3. The molecule has 1 aliphatic rings. The van der Waals surface area contributed by atoms with Gasteiger partial charge in [-0.1, -0.05) is 96.1 Å². The first-order valence-electron chi connectivity index (χ1n) is 19.5. The molecular weight excluding hydrogens is 699 g/mol. The third-order valence-electron chi connectivity index (χ3n) is 11.0. The molecule has 2 aromatic heterocycles. The van der Waals surface area contributed by atoms with Crippen molar-refractivity contribution in [3.8, 4) is 34.5 Å². The molecule has 0 bridgehead atoms. The number of hydrogen-bond donors (Lipinski definition) is 0. The second-order valence-corrected chi connectivity index (χ2v) is 17.0. The normalized spacial score (nSPS) is 12.9. The number of aromatic nitrogens is 2. The van der Waals surface area contributed by atoms with Gasteiger partial charge in [-0.15, -0.1) is 0 Å². The molecule has 0 spiro atoms. The highest BCUT2D eigenvalue weighted by Gasteiger charge is 2.29. The summed E-state index contributed by atoms with van der Waals surface area (Å²) in [7, 11) is 0. The largest absolute Gasteiger partial charge is 0.457 e. The maximum Gasteiger partial charge on any atom is 0.137 e. The minimum atomic E-state index is -0.0435. The number of benzene rings is 6. The van der Waals surface area contributed by atoms with Gasteiger partial charge in [0, 0.05) is 40.5 Å². The van der Waals surface area contributed by atoms with Gasteiger partial charge in [0.2, 0.25) is 0 Å². The molecule has 6 aromatic carbocycles. The number of hydrogen-bond acceptors (Lipinski definition) is 5. The molecule has 0 saturated carbocycles. The lowest BCUT2D eigenvalue weighted by Gasteiger charge is -2.26. The first-order valence-corrected chi connectivity index (χ1v) is 19.5. The zero-order valence-electron chi connectivity index (χ0n) is 33.3. The number of nitriles is 1. The summed E-state index contributed by atoms with van der Waals surface area (Å²) in [5.41, 5.74) is 11.9. The van der Waals surface area contributed by atoms with E-state index in [1.807, 2.05) is 36.5 Å². The Balaban J connectivity index is 1.08. The molecule has 0 aliphatic carbocycles. The summed E-state index contributed by atoms with van der Waals surface area (Å²) in [5.74, 6) is 2.28. The van der Waals surface area contributed by atoms with Crippen molar-refractivity contribution in [3.05, 3.63) is 168 Å². The number of anilines is 4. The number of rotatable bonds is 6. The van der Waals surface area contributed by atoms with Crippen molar-refractivity contribution in [1.82, 2.24) is 9.55 Å². The molecular formula is C51H45N5O. The van der Waals surface area contributed by atoms with Crippen LogP contribution in [0.4, 0.5) is 22.7 Å². The van der Waals surface area contributed by atoms with Crippen molar-refractivity contribution in [1.29, 1.82) is 5.26 Å². The molecule has 8 aromatic rings. The fourth-order valence-corrected chi connectivity index (χ4v) is 7.89. The van der Waals surface area contributed by atoms with Gasteiger partial charge in [0.25, 0.3) is 0 Å². The average molecular weight is 744 g/mol. The van der Waals surface area contributed by atoms with E-state index in [1.165, 1.54) is 22.3 Å². The van der Waals surface area contributed by atoms with E-state index in [1.54, 1.807) is 0 Å². The molecule has 57 heavy (non-hydrogen) atoms. The van der Waals surface area contributed by atoms with Gasteiger partial charge in [-0.05, 0) is 112 Å². The smallest absolute Gasteiger partial charge is 0.137 e. The summed E-state index contributed by atoms with van der Waals surface area (Å²) in [6.45, 7) is 14.1. The Bertz CT molecular complexity index is 2850. The van der Waals surface area contributed by atoms with Gasteiger partial charge in [0.05, 0.1) is 34.0 Å². The molecule has 0 radical (unpaired) electrons. The molecule has 0 unspecified atom stereocenters. The Labute approximate surface area is 334 Å². The Hall–Kier alpha value is -6.84. The van der Waals surface area contributed by atoms with Crippen LogP contribution in [-0.4, -0.2) is 16.2 Å². The van der Waals surface area contributed by atoms with Crippen LogP contribution in [0.1, 0.15) is 58.2 Å². The standard InChI is InChI=1S/C51H45N5O/c1-50(2,3)37-23-24-53-49(29-37)56-45-22-19-34(32-52)25-44(45)43-21-20-42(31-48(43)56)57-41-16-12-15-39(30-41)54-33-55(47-18-11-10-17-46(47)54)40-27-36(35-13-8-7-9-14-35)26-38(28-40)51(4,5)6/h7-31H,33H2,1-6H3. The highest BCUT2D eigenvalue weighted by atomic mass is 16.5. The van der Waals surface area contributed by atoms with Gasteiger partial charge in [-0.3, -0.25) is 4.57 Å². The Morgan fingerprint density at radius 1 is 0.561 bits per heavy atom. The van der Waals surface area contributed by atoms with Gasteiger partial charge in [0.15, 0.2) is 0 Å². The van der Waals surface area contributed by atoms with Crippen LogP contribution in [0.15, 0.2) is 152 Å². The number of nitrogens with zero attached hydrogens (tertiary/aromatic N) is 5. The lowest BCUT2D eigenvalue weighted by atomic mass is 9.85. The number of pyridine rings is 1. The zero-order chi connectivity index (χ0) is 39.5. The van der Waals surface area contributed by atoms with Crippen molar-refractivity contribution in [3.63, 3.8) is 0 Å². The minimum absolute atomic E-state index is 0.0198. The quantitative estimate of drug-likeness (QED) is 0.170.